The molecular weight excluding hydrogens is 260 g/mol. The Morgan fingerprint density at radius 2 is 1.70 bits per heavy atom. The van der Waals surface area contributed by atoms with Crippen LogP contribution in [0.2, 0.25) is 0 Å². The van der Waals surface area contributed by atoms with Crippen LogP contribution in [0.3, 0.4) is 0 Å². The van der Waals surface area contributed by atoms with Crippen LogP contribution in [0.5, 0.6) is 0 Å². The third-order valence-corrected chi connectivity index (χ3v) is 4.05. The van der Waals surface area contributed by atoms with Gasteiger partial charge in [0.25, 0.3) is 0 Å². The lowest BCUT2D eigenvalue weighted by atomic mass is 9.97. The van der Waals surface area contributed by atoms with Gasteiger partial charge in [-0.25, -0.2) is 0 Å². The van der Waals surface area contributed by atoms with Gasteiger partial charge in [-0.15, -0.1) is 0 Å². The Bertz CT molecular complexity index is 356. The molecule has 0 aliphatic carbocycles. The lowest BCUT2D eigenvalue weighted by Gasteiger charge is -2.37. The fourth-order valence-electron chi connectivity index (χ4n) is 3.08. The zero-order chi connectivity index (χ0) is 14.7. The molecule has 0 aromatic heterocycles. The molecule has 0 radical (unpaired) electrons. The number of carbonyl (C=O) groups is 2. The van der Waals surface area contributed by atoms with Crippen molar-refractivity contribution in [1.82, 2.24) is 9.80 Å². The van der Waals surface area contributed by atoms with Crippen molar-refractivity contribution in [3.63, 3.8) is 0 Å². The predicted octanol–water partition coefficient (Wildman–Crippen LogP) is 0.419. The summed E-state index contributed by atoms with van der Waals surface area (Å²) >= 11 is 0. The number of carboxylic acids is 1. The maximum atomic E-state index is 12.3. The zero-order valence-electron chi connectivity index (χ0n) is 12.2. The van der Waals surface area contributed by atoms with E-state index in [0.29, 0.717) is 32.5 Å². The van der Waals surface area contributed by atoms with E-state index in [9.17, 15) is 9.59 Å². The molecule has 2 fully saturated rings. The second-order valence-corrected chi connectivity index (χ2v) is 5.94. The molecule has 0 bridgehead atoms. The number of hydrogen-bond donors (Lipinski definition) is 1. The van der Waals surface area contributed by atoms with Crippen molar-refractivity contribution in [2.24, 2.45) is 5.92 Å². The number of aliphatic carboxylic acids is 1. The first kappa shape index (κ1) is 15.3. The van der Waals surface area contributed by atoms with Crippen molar-refractivity contribution in [2.75, 3.05) is 32.7 Å². The van der Waals surface area contributed by atoms with Gasteiger partial charge in [0.05, 0.1) is 24.7 Å². The third-order valence-electron chi connectivity index (χ3n) is 4.05. The number of ether oxygens (including phenoxy) is 1. The van der Waals surface area contributed by atoms with Crippen LogP contribution in [0.1, 0.15) is 26.7 Å². The fourth-order valence-corrected chi connectivity index (χ4v) is 3.08. The molecule has 1 amide bonds. The van der Waals surface area contributed by atoms with E-state index >= 15 is 0 Å². The summed E-state index contributed by atoms with van der Waals surface area (Å²) in [5.41, 5.74) is 0. The van der Waals surface area contributed by atoms with Gasteiger partial charge in [-0.3, -0.25) is 14.5 Å². The van der Waals surface area contributed by atoms with Crippen LogP contribution >= 0.6 is 0 Å². The molecule has 2 rings (SSSR count). The fraction of sp³-hybridized carbons (Fsp3) is 0.857. The van der Waals surface area contributed by atoms with Crippen LogP contribution in [-0.4, -0.2) is 71.7 Å². The molecule has 6 nitrogen and oxygen atoms in total. The van der Waals surface area contributed by atoms with Crippen LogP contribution < -0.4 is 0 Å². The first-order valence-corrected chi connectivity index (χ1v) is 7.34. The standard InChI is InChI=1S/C14H24N2O4/c1-10-7-15(8-11(2)20-10)9-13(17)16-5-3-12(4-6-16)14(18)19/h10-12H,3-9H2,1-2H3,(H,18,19). The minimum atomic E-state index is -0.743. The Labute approximate surface area is 119 Å². The van der Waals surface area contributed by atoms with Crippen LogP contribution in [0.4, 0.5) is 0 Å². The highest BCUT2D eigenvalue weighted by atomic mass is 16.5. The number of rotatable bonds is 3. The first-order valence-electron chi connectivity index (χ1n) is 7.34. The van der Waals surface area contributed by atoms with E-state index in [2.05, 4.69) is 4.90 Å². The molecule has 6 heteroatoms. The van der Waals surface area contributed by atoms with E-state index < -0.39 is 5.97 Å². The zero-order valence-corrected chi connectivity index (χ0v) is 12.2. The quantitative estimate of drug-likeness (QED) is 0.813. The highest BCUT2D eigenvalue weighted by molar-refractivity contribution is 5.79. The number of nitrogens with zero attached hydrogens (tertiary/aromatic N) is 2. The number of morpholine rings is 1. The van der Waals surface area contributed by atoms with Gasteiger partial charge in [0, 0.05) is 26.2 Å². The lowest BCUT2D eigenvalue weighted by Crippen LogP contribution is -2.51. The van der Waals surface area contributed by atoms with Gasteiger partial charge >= 0.3 is 5.97 Å². The summed E-state index contributed by atoms with van der Waals surface area (Å²) < 4.78 is 5.65. The number of likely N-dealkylation sites (tertiary alicyclic amines) is 1. The second-order valence-electron chi connectivity index (χ2n) is 5.94. The van der Waals surface area contributed by atoms with Gasteiger partial charge in [-0.05, 0) is 26.7 Å². The molecule has 0 aromatic carbocycles. The molecule has 20 heavy (non-hydrogen) atoms. The maximum Gasteiger partial charge on any atom is 0.306 e. The van der Waals surface area contributed by atoms with E-state index in [1.165, 1.54) is 0 Å². The third kappa shape index (κ3) is 3.93. The Kier molecular flexibility index (Phi) is 4.99. The summed E-state index contributed by atoms with van der Waals surface area (Å²) in [4.78, 5) is 27.1. The van der Waals surface area contributed by atoms with Crippen LogP contribution in [0.15, 0.2) is 0 Å². The highest BCUT2D eigenvalue weighted by Gasteiger charge is 2.29. The number of piperidine rings is 1. The summed E-state index contributed by atoms with van der Waals surface area (Å²) in [7, 11) is 0. The molecule has 2 saturated heterocycles. The SMILES string of the molecule is CC1CN(CC(=O)N2CCC(C(=O)O)CC2)CC(C)O1. The molecule has 2 atom stereocenters. The van der Waals surface area contributed by atoms with E-state index in [4.69, 9.17) is 9.84 Å². The lowest BCUT2D eigenvalue weighted by molar-refractivity contribution is -0.146. The monoisotopic (exact) mass is 284 g/mol. The van der Waals surface area contributed by atoms with Crippen molar-refractivity contribution in [3.05, 3.63) is 0 Å². The molecule has 2 heterocycles. The Balaban J connectivity index is 1.79. The van der Waals surface area contributed by atoms with E-state index in [1.807, 2.05) is 13.8 Å². The molecule has 2 unspecified atom stereocenters. The van der Waals surface area contributed by atoms with Crippen molar-refractivity contribution in [2.45, 2.75) is 38.9 Å². The number of amides is 1. The average Bonchev–Trinajstić information content (AvgIpc) is 2.37. The Hall–Kier alpha value is -1.14. The second kappa shape index (κ2) is 6.54. The molecule has 2 aliphatic rings. The average molecular weight is 284 g/mol. The van der Waals surface area contributed by atoms with Gasteiger partial charge in [0.2, 0.25) is 5.91 Å². The summed E-state index contributed by atoms with van der Waals surface area (Å²) in [5, 5.41) is 8.96. The predicted molar refractivity (Wildman–Crippen MR) is 73.4 cm³/mol. The van der Waals surface area contributed by atoms with Crippen LogP contribution in [-0.2, 0) is 14.3 Å². The molecular formula is C14H24N2O4. The molecule has 2 aliphatic heterocycles. The minimum absolute atomic E-state index is 0.107. The number of carbonyl (C=O) groups excluding carboxylic acids is 1. The summed E-state index contributed by atoms with van der Waals surface area (Å²) in [6.45, 7) is 7.13. The van der Waals surface area contributed by atoms with E-state index in [1.54, 1.807) is 4.90 Å². The smallest absolute Gasteiger partial charge is 0.306 e. The summed E-state index contributed by atoms with van der Waals surface area (Å²) in [6, 6.07) is 0. The molecule has 1 N–H and O–H groups in total. The number of hydrogen-bond acceptors (Lipinski definition) is 4. The van der Waals surface area contributed by atoms with E-state index in [-0.39, 0.29) is 24.0 Å². The van der Waals surface area contributed by atoms with Gasteiger partial charge in [-0.1, -0.05) is 0 Å². The topological polar surface area (TPSA) is 70.1 Å². The van der Waals surface area contributed by atoms with Gasteiger partial charge in [0.15, 0.2) is 0 Å². The molecule has 0 spiro atoms. The molecule has 114 valence electrons. The first-order chi connectivity index (χ1) is 9.45. The highest BCUT2D eigenvalue weighted by Crippen LogP contribution is 2.18. The molecule has 0 aromatic rings. The Morgan fingerprint density at radius 1 is 1.15 bits per heavy atom. The largest absolute Gasteiger partial charge is 0.481 e. The summed E-state index contributed by atoms with van der Waals surface area (Å²) in [5.74, 6) is -0.925. The Morgan fingerprint density at radius 3 is 2.20 bits per heavy atom. The van der Waals surface area contributed by atoms with Crippen molar-refractivity contribution in [1.29, 1.82) is 0 Å². The normalized spacial score (nSPS) is 29.4. The van der Waals surface area contributed by atoms with Gasteiger partial charge in [-0.2, -0.15) is 0 Å². The van der Waals surface area contributed by atoms with Crippen molar-refractivity contribution in [3.8, 4) is 0 Å². The van der Waals surface area contributed by atoms with Gasteiger partial charge < -0.3 is 14.7 Å². The van der Waals surface area contributed by atoms with Crippen molar-refractivity contribution >= 4 is 11.9 Å². The minimum Gasteiger partial charge on any atom is -0.481 e. The number of carboxylic acid groups (broad SMARTS) is 1. The van der Waals surface area contributed by atoms with Crippen LogP contribution in [0, 0.1) is 5.92 Å². The van der Waals surface area contributed by atoms with Gasteiger partial charge in [0.1, 0.15) is 0 Å². The van der Waals surface area contributed by atoms with Crippen molar-refractivity contribution < 1.29 is 19.4 Å². The summed E-state index contributed by atoms with van der Waals surface area (Å²) in [6.07, 6.45) is 1.45. The molecule has 0 saturated carbocycles. The van der Waals surface area contributed by atoms with Crippen LogP contribution in [0.25, 0.3) is 0 Å². The van der Waals surface area contributed by atoms with E-state index in [0.717, 1.165) is 13.1 Å². The maximum absolute atomic E-state index is 12.3.